The molecule has 3 N–H and O–H groups in total. The fraction of sp³-hybridized carbons (Fsp3) is 0.400. The fourth-order valence-electron chi connectivity index (χ4n) is 2.65. The molecule has 1 amide bonds. The number of amides is 1. The lowest BCUT2D eigenvalue weighted by Crippen LogP contribution is -2.32. The van der Waals surface area contributed by atoms with E-state index in [0.717, 1.165) is 25.9 Å². The Hall–Kier alpha value is -2.33. The van der Waals surface area contributed by atoms with Gasteiger partial charge in [0, 0.05) is 18.9 Å². The van der Waals surface area contributed by atoms with Gasteiger partial charge in [-0.05, 0) is 31.5 Å². The van der Waals surface area contributed by atoms with E-state index in [4.69, 9.17) is 0 Å². The van der Waals surface area contributed by atoms with Crippen LogP contribution in [0.25, 0.3) is 0 Å². The number of rotatable bonds is 3. The first-order chi connectivity index (χ1) is 11.8. The van der Waals surface area contributed by atoms with Crippen LogP contribution in [0.3, 0.4) is 0 Å². The monoisotopic (exact) mass is 391 g/mol. The molecule has 2 aromatic rings. The molecule has 142 valence electrons. The molecule has 1 fully saturated rings. The number of nitrogens with one attached hydrogen (secondary N) is 3. The number of carbonyl (C=O) groups excluding carboxylic acids is 1. The van der Waals surface area contributed by atoms with Gasteiger partial charge in [-0.2, -0.15) is 18.3 Å². The van der Waals surface area contributed by atoms with E-state index in [0.29, 0.717) is 12.3 Å². The molecule has 1 atom stereocenters. The van der Waals surface area contributed by atoms with Crippen LogP contribution in [0.2, 0.25) is 0 Å². The van der Waals surface area contributed by atoms with Crippen molar-refractivity contribution >= 4 is 24.0 Å². The maximum atomic E-state index is 12.7. The highest BCUT2D eigenvalue weighted by Crippen LogP contribution is 2.29. The van der Waals surface area contributed by atoms with Gasteiger partial charge in [0.2, 0.25) is 0 Å². The van der Waals surface area contributed by atoms with E-state index in [9.17, 15) is 22.8 Å². The van der Waals surface area contributed by atoms with Crippen molar-refractivity contribution in [2.75, 3.05) is 18.4 Å². The van der Waals surface area contributed by atoms with Crippen LogP contribution in [0.5, 0.6) is 0 Å². The molecule has 0 aliphatic carbocycles. The molecule has 0 saturated carbocycles. The molecule has 2 aromatic heterocycles. The molecular weight excluding hydrogens is 375 g/mol. The molecule has 1 aliphatic rings. The van der Waals surface area contributed by atoms with Gasteiger partial charge in [0.25, 0.3) is 11.5 Å². The maximum absolute atomic E-state index is 12.7. The molecule has 0 spiro atoms. The van der Waals surface area contributed by atoms with Gasteiger partial charge in [-0.3, -0.25) is 14.3 Å². The SMILES string of the molecule is Cl.O=C(Nc1cc(C(F)(F)F)c[nH]c1=O)c1ccn(C2CCCNC2)n1. The topological polar surface area (TPSA) is 91.8 Å². The first kappa shape index (κ1) is 20.0. The number of alkyl halides is 3. The summed E-state index contributed by atoms with van der Waals surface area (Å²) in [6.45, 7) is 1.67. The van der Waals surface area contributed by atoms with Crippen LogP contribution >= 0.6 is 12.4 Å². The first-order valence-corrected chi connectivity index (χ1v) is 7.72. The molecule has 3 rings (SSSR count). The first-order valence-electron chi connectivity index (χ1n) is 7.72. The standard InChI is InChI=1S/C15H16F3N5O2.ClH/c16-15(17,18)9-6-12(13(24)20-7-9)21-14(25)11-3-5-23(22-11)10-2-1-4-19-8-10;/h3,5-7,10,19H,1-2,4,8H2,(H,20,24)(H,21,25);1H. The molecule has 11 heteroatoms. The van der Waals surface area contributed by atoms with Gasteiger partial charge >= 0.3 is 6.18 Å². The number of anilines is 1. The minimum absolute atomic E-state index is 0. The van der Waals surface area contributed by atoms with Crippen molar-refractivity contribution in [1.29, 1.82) is 0 Å². The second kappa shape index (κ2) is 7.92. The van der Waals surface area contributed by atoms with Crippen molar-refractivity contribution in [3.63, 3.8) is 0 Å². The van der Waals surface area contributed by atoms with E-state index < -0.39 is 28.9 Å². The van der Waals surface area contributed by atoms with Gasteiger partial charge in [-0.25, -0.2) is 0 Å². The quantitative estimate of drug-likeness (QED) is 0.748. The van der Waals surface area contributed by atoms with Crippen molar-refractivity contribution in [3.8, 4) is 0 Å². The van der Waals surface area contributed by atoms with E-state index in [2.05, 4.69) is 15.7 Å². The number of aromatic nitrogens is 3. The second-order valence-electron chi connectivity index (χ2n) is 5.76. The number of halogens is 4. The Balaban J connectivity index is 0.00000243. The average Bonchev–Trinajstić information content (AvgIpc) is 3.07. The molecule has 1 unspecified atom stereocenters. The summed E-state index contributed by atoms with van der Waals surface area (Å²) in [6, 6.07) is 2.18. The Kier molecular flexibility index (Phi) is 6.09. The molecule has 3 heterocycles. The van der Waals surface area contributed by atoms with Crippen LogP contribution in [0.15, 0.2) is 29.3 Å². The molecule has 1 saturated heterocycles. The highest BCUT2D eigenvalue weighted by Gasteiger charge is 2.31. The number of nitrogens with zero attached hydrogens (tertiary/aromatic N) is 2. The van der Waals surface area contributed by atoms with Crippen LogP contribution < -0.4 is 16.2 Å². The zero-order valence-corrected chi connectivity index (χ0v) is 14.3. The molecular formula is C15H17ClF3N5O2. The number of H-pyrrole nitrogens is 1. The highest BCUT2D eigenvalue weighted by atomic mass is 35.5. The third kappa shape index (κ3) is 4.44. The molecule has 1 aliphatic heterocycles. The lowest BCUT2D eigenvalue weighted by molar-refractivity contribution is -0.137. The molecule has 0 aromatic carbocycles. The molecule has 0 bridgehead atoms. The summed E-state index contributed by atoms with van der Waals surface area (Å²) in [5.74, 6) is -0.743. The van der Waals surface area contributed by atoms with E-state index in [1.165, 1.54) is 6.07 Å². The molecule has 26 heavy (non-hydrogen) atoms. The van der Waals surface area contributed by atoms with Crippen LogP contribution in [0.4, 0.5) is 18.9 Å². The zero-order valence-electron chi connectivity index (χ0n) is 13.5. The molecule has 7 nitrogen and oxygen atoms in total. The van der Waals surface area contributed by atoms with Gasteiger partial charge in [-0.15, -0.1) is 12.4 Å². The normalized spacial score (nSPS) is 17.4. The molecule has 0 radical (unpaired) electrons. The fourth-order valence-corrected chi connectivity index (χ4v) is 2.65. The summed E-state index contributed by atoms with van der Waals surface area (Å²) in [5.41, 5.74) is -2.32. The minimum Gasteiger partial charge on any atom is -0.327 e. The zero-order chi connectivity index (χ0) is 18.0. The van der Waals surface area contributed by atoms with Crippen LogP contribution in [-0.4, -0.2) is 33.8 Å². The van der Waals surface area contributed by atoms with Crippen LogP contribution in [0, 0.1) is 0 Å². The highest BCUT2D eigenvalue weighted by molar-refractivity contribution is 6.02. The summed E-state index contributed by atoms with van der Waals surface area (Å²) in [7, 11) is 0. The van der Waals surface area contributed by atoms with Gasteiger partial charge in [-0.1, -0.05) is 0 Å². The van der Waals surface area contributed by atoms with E-state index >= 15 is 0 Å². The summed E-state index contributed by atoms with van der Waals surface area (Å²) < 4.78 is 39.8. The number of aromatic amines is 1. The van der Waals surface area contributed by atoms with Gasteiger partial charge in [0.15, 0.2) is 5.69 Å². The van der Waals surface area contributed by atoms with Crippen LogP contribution in [-0.2, 0) is 6.18 Å². The van der Waals surface area contributed by atoms with Gasteiger partial charge in [0.05, 0.1) is 11.6 Å². The van der Waals surface area contributed by atoms with E-state index in [-0.39, 0.29) is 24.1 Å². The van der Waals surface area contributed by atoms with Crippen molar-refractivity contribution in [2.45, 2.75) is 25.1 Å². The summed E-state index contributed by atoms with van der Waals surface area (Å²) in [4.78, 5) is 25.8. The number of piperidine rings is 1. The van der Waals surface area contributed by atoms with Gasteiger partial charge < -0.3 is 15.6 Å². The lowest BCUT2D eigenvalue weighted by Gasteiger charge is -2.22. The Bertz CT molecular complexity index is 827. The predicted octanol–water partition coefficient (Wildman–Crippen LogP) is 2.19. The van der Waals surface area contributed by atoms with Crippen molar-refractivity contribution in [3.05, 3.63) is 46.1 Å². The average molecular weight is 392 g/mol. The largest absolute Gasteiger partial charge is 0.417 e. The number of pyridine rings is 1. The number of hydrogen-bond donors (Lipinski definition) is 3. The summed E-state index contributed by atoms with van der Waals surface area (Å²) >= 11 is 0. The Labute approximate surface area is 152 Å². The smallest absolute Gasteiger partial charge is 0.327 e. The number of carbonyl (C=O) groups is 1. The van der Waals surface area contributed by atoms with Crippen molar-refractivity contribution in [1.82, 2.24) is 20.1 Å². The third-order valence-corrected chi connectivity index (χ3v) is 3.96. The lowest BCUT2D eigenvalue weighted by atomic mass is 10.1. The second-order valence-corrected chi connectivity index (χ2v) is 5.76. The third-order valence-electron chi connectivity index (χ3n) is 3.96. The summed E-state index contributed by atoms with van der Waals surface area (Å²) in [6.07, 6.45) is -0.514. The van der Waals surface area contributed by atoms with Crippen molar-refractivity contribution in [2.24, 2.45) is 0 Å². The van der Waals surface area contributed by atoms with E-state index in [1.807, 2.05) is 4.98 Å². The minimum atomic E-state index is -4.63. The maximum Gasteiger partial charge on any atom is 0.417 e. The Morgan fingerprint density at radius 1 is 1.38 bits per heavy atom. The summed E-state index contributed by atoms with van der Waals surface area (Å²) in [5, 5.41) is 9.57. The van der Waals surface area contributed by atoms with Crippen molar-refractivity contribution < 1.29 is 18.0 Å². The predicted molar refractivity (Wildman–Crippen MR) is 90.6 cm³/mol. The Morgan fingerprint density at radius 3 is 2.81 bits per heavy atom. The van der Waals surface area contributed by atoms with Gasteiger partial charge in [0.1, 0.15) is 5.69 Å². The van der Waals surface area contributed by atoms with E-state index in [1.54, 1.807) is 10.9 Å². The Morgan fingerprint density at radius 2 is 2.15 bits per heavy atom. The number of hydrogen-bond acceptors (Lipinski definition) is 4. The van der Waals surface area contributed by atoms with Crippen LogP contribution in [0.1, 0.15) is 34.9 Å².